The molecule has 88 valence electrons. The van der Waals surface area contributed by atoms with Crippen LogP contribution in [0, 0.1) is 11.3 Å². The first-order valence-electron chi connectivity index (χ1n) is 3.83. The van der Waals surface area contributed by atoms with Crippen LogP contribution >= 0.6 is 26.0 Å². The molecular formula is C5H8NNa3O6P2S. The summed E-state index contributed by atoms with van der Waals surface area (Å²) < 4.78 is 24.2. The molecule has 0 aromatic carbocycles. The molecule has 0 aromatic heterocycles. The Morgan fingerprint density at radius 2 is 1.61 bits per heavy atom. The average molecular weight is 341 g/mol. The third-order valence-electron chi connectivity index (χ3n) is 1.13. The van der Waals surface area contributed by atoms with Crippen molar-refractivity contribution in [1.29, 1.82) is 5.26 Å². The maximum Gasteiger partial charge on any atom is 1.00 e. The van der Waals surface area contributed by atoms with E-state index in [0.717, 1.165) is 0 Å². The first kappa shape index (κ1) is 29.2. The van der Waals surface area contributed by atoms with Crippen LogP contribution < -0.4 is 103 Å². The zero-order chi connectivity index (χ0) is 11.9. The minimum absolute atomic E-state index is 0. The van der Waals surface area contributed by atoms with Crippen LogP contribution in [-0.4, -0.2) is 5.75 Å². The van der Waals surface area contributed by atoms with Crippen molar-refractivity contribution in [2.75, 3.05) is 5.75 Å². The molecule has 0 bridgehead atoms. The fourth-order valence-corrected chi connectivity index (χ4v) is 4.57. The molecule has 13 heteroatoms. The van der Waals surface area contributed by atoms with Gasteiger partial charge < -0.3 is 19.2 Å². The van der Waals surface area contributed by atoms with E-state index in [1.807, 2.05) is 6.07 Å². The summed E-state index contributed by atoms with van der Waals surface area (Å²) in [5.41, 5.74) is 0. The van der Waals surface area contributed by atoms with Crippen LogP contribution in [0.25, 0.3) is 0 Å². The predicted octanol–water partition coefficient (Wildman–Crippen LogP) is -9.26. The Kier molecular flexibility index (Phi) is 24.4. The smallest absolute Gasteiger partial charge is 0.790 e. The first-order valence-corrected chi connectivity index (χ1v) is 8.42. The van der Waals surface area contributed by atoms with E-state index in [4.69, 9.17) is 5.26 Å². The Bertz CT molecular complexity index is 334. The van der Waals surface area contributed by atoms with E-state index in [-0.39, 0.29) is 106 Å². The molecule has 0 aromatic rings. The Morgan fingerprint density at radius 3 is 2.00 bits per heavy atom. The van der Waals surface area contributed by atoms with Crippen molar-refractivity contribution in [3.05, 3.63) is 0 Å². The van der Waals surface area contributed by atoms with Crippen molar-refractivity contribution in [3.63, 3.8) is 0 Å². The summed E-state index contributed by atoms with van der Waals surface area (Å²) >= 11 is 0.252. The summed E-state index contributed by atoms with van der Waals surface area (Å²) in [6.45, 7) is -4.67. The second kappa shape index (κ2) is 15.1. The van der Waals surface area contributed by atoms with Gasteiger partial charge in [-0.1, -0.05) is 11.4 Å². The second-order valence-electron chi connectivity index (χ2n) is 2.42. The normalized spacial score (nSPS) is 13.0. The minimum Gasteiger partial charge on any atom is -0.790 e. The van der Waals surface area contributed by atoms with Crippen LogP contribution in [0.3, 0.4) is 0 Å². The van der Waals surface area contributed by atoms with Crippen LogP contribution in [0.1, 0.15) is 19.3 Å². The Labute approximate surface area is 176 Å². The molecule has 1 unspecified atom stereocenters. The van der Waals surface area contributed by atoms with Crippen molar-refractivity contribution in [1.82, 2.24) is 0 Å². The first-order chi connectivity index (χ1) is 6.77. The SMILES string of the molecule is N#CCCCCSP(=O)([O-])OP(=O)([O-])[O-].[Na+].[Na+].[Na+]. The van der Waals surface area contributed by atoms with E-state index < -0.39 is 14.6 Å². The molecule has 0 heterocycles. The maximum atomic E-state index is 10.8. The summed E-state index contributed by atoms with van der Waals surface area (Å²) in [5, 5.41) is 8.16. The number of phosphoric acid groups is 1. The molecule has 1 atom stereocenters. The molecule has 0 spiro atoms. The van der Waals surface area contributed by atoms with Crippen LogP contribution in [0.4, 0.5) is 0 Å². The molecular weight excluding hydrogens is 333 g/mol. The van der Waals surface area contributed by atoms with Gasteiger partial charge in [0.05, 0.1) is 13.9 Å². The van der Waals surface area contributed by atoms with E-state index in [9.17, 15) is 23.8 Å². The van der Waals surface area contributed by atoms with Gasteiger partial charge >= 0.3 is 88.7 Å². The van der Waals surface area contributed by atoms with E-state index >= 15 is 0 Å². The van der Waals surface area contributed by atoms with Crippen molar-refractivity contribution in [2.24, 2.45) is 0 Å². The number of nitriles is 1. The van der Waals surface area contributed by atoms with Gasteiger partial charge in [0.15, 0.2) is 6.80 Å². The Morgan fingerprint density at radius 1 is 1.11 bits per heavy atom. The third kappa shape index (κ3) is 21.4. The van der Waals surface area contributed by atoms with Crippen LogP contribution in [0.5, 0.6) is 0 Å². The quantitative estimate of drug-likeness (QED) is 0.253. The molecule has 0 rings (SSSR count). The van der Waals surface area contributed by atoms with Gasteiger partial charge in [-0.05, 0) is 12.8 Å². The van der Waals surface area contributed by atoms with E-state index in [2.05, 4.69) is 4.31 Å². The Balaban J connectivity index is -0.000000327. The molecule has 0 N–H and O–H groups in total. The molecule has 0 amide bonds. The minimum atomic E-state index is -5.50. The number of hydrogen-bond acceptors (Lipinski definition) is 8. The van der Waals surface area contributed by atoms with Gasteiger partial charge in [0.1, 0.15) is 0 Å². The molecule has 18 heavy (non-hydrogen) atoms. The van der Waals surface area contributed by atoms with Gasteiger partial charge in [0, 0.05) is 12.2 Å². The number of unbranched alkanes of at least 4 members (excludes halogenated alkanes) is 2. The molecule has 0 aliphatic carbocycles. The van der Waals surface area contributed by atoms with Gasteiger partial charge in [-0.2, -0.15) is 5.26 Å². The molecule has 0 aliphatic rings. The van der Waals surface area contributed by atoms with Crippen LogP contribution in [0.15, 0.2) is 0 Å². The summed E-state index contributed by atoms with van der Waals surface area (Å²) in [6, 6.07) is 1.87. The van der Waals surface area contributed by atoms with Gasteiger partial charge in [0.25, 0.3) is 0 Å². The summed E-state index contributed by atoms with van der Waals surface area (Å²) in [7, 11) is -5.50. The summed E-state index contributed by atoms with van der Waals surface area (Å²) in [5.74, 6) is 0.0858. The molecule has 0 saturated carbocycles. The molecule has 0 aliphatic heterocycles. The average Bonchev–Trinajstić information content (AvgIpc) is 1.99. The number of nitrogens with zero attached hydrogens (tertiary/aromatic N) is 1. The van der Waals surface area contributed by atoms with Crippen LogP contribution in [-0.2, 0) is 13.4 Å². The van der Waals surface area contributed by atoms with E-state index in [1.165, 1.54) is 0 Å². The van der Waals surface area contributed by atoms with Crippen molar-refractivity contribution < 1.29 is 117 Å². The van der Waals surface area contributed by atoms with E-state index in [1.54, 1.807) is 0 Å². The van der Waals surface area contributed by atoms with Crippen molar-refractivity contribution >= 4 is 26.0 Å². The largest absolute Gasteiger partial charge is 1.00 e. The topological polar surface area (TPSA) is 136 Å². The molecule has 7 nitrogen and oxygen atoms in total. The van der Waals surface area contributed by atoms with Crippen molar-refractivity contribution in [2.45, 2.75) is 19.3 Å². The predicted molar refractivity (Wildman–Crippen MR) is 48.2 cm³/mol. The zero-order valence-electron chi connectivity index (χ0n) is 10.5. The zero-order valence-corrected chi connectivity index (χ0v) is 19.1. The van der Waals surface area contributed by atoms with Gasteiger partial charge in [-0.3, -0.25) is 8.88 Å². The van der Waals surface area contributed by atoms with Gasteiger partial charge in [-0.25, -0.2) is 0 Å². The fourth-order valence-electron chi connectivity index (χ4n) is 0.629. The third-order valence-corrected chi connectivity index (χ3v) is 5.62. The molecule has 0 saturated heterocycles. The van der Waals surface area contributed by atoms with Gasteiger partial charge in [-0.15, -0.1) is 0 Å². The van der Waals surface area contributed by atoms with Crippen LogP contribution in [0.2, 0.25) is 0 Å². The van der Waals surface area contributed by atoms with Crippen molar-refractivity contribution in [3.8, 4) is 6.07 Å². The monoisotopic (exact) mass is 341 g/mol. The molecule has 0 radical (unpaired) electrons. The fraction of sp³-hybridized carbons (Fsp3) is 0.800. The number of hydrogen-bond donors (Lipinski definition) is 0. The standard InChI is InChI=1S/C5H11NO6P2S.3Na/c6-4-2-1-3-5-15-14(10,11)12-13(7,8)9;;;/h1-3,5H2,(H,10,11)(H2,7,8,9);;;/q;3*+1/p-3. The van der Waals surface area contributed by atoms with E-state index in [0.29, 0.717) is 19.3 Å². The summed E-state index contributed by atoms with van der Waals surface area (Å²) in [4.78, 5) is 30.8. The maximum absolute atomic E-state index is 10.8. The molecule has 0 fully saturated rings. The second-order valence-corrected chi connectivity index (χ2v) is 7.65. The number of rotatable bonds is 7. The summed E-state index contributed by atoms with van der Waals surface area (Å²) in [6.07, 6.45) is 1.23. The van der Waals surface area contributed by atoms with Gasteiger partial charge in [0.2, 0.25) is 0 Å². The Hall–Kier alpha value is 3.14.